The fraction of sp³-hybridized carbons (Fsp3) is 0.941. The molecule has 2 fully saturated rings. The number of carbonyl (C=O) groups excluding carboxylic acids is 1. The van der Waals surface area contributed by atoms with Crippen LogP contribution in [0.15, 0.2) is 0 Å². The molecule has 0 aromatic heterocycles. The summed E-state index contributed by atoms with van der Waals surface area (Å²) in [7, 11) is 2.21. The van der Waals surface area contributed by atoms with Crippen molar-refractivity contribution in [1.29, 1.82) is 0 Å². The van der Waals surface area contributed by atoms with E-state index >= 15 is 0 Å². The Morgan fingerprint density at radius 1 is 1.09 bits per heavy atom. The molecule has 0 spiro atoms. The quantitative estimate of drug-likeness (QED) is 0.691. The Morgan fingerprint density at radius 2 is 1.73 bits per heavy atom. The highest BCUT2D eigenvalue weighted by Crippen LogP contribution is 2.18. The summed E-state index contributed by atoms with van der Waals surface area (Å²) in [5, 5.41) is 0. The van der Waals surface area contributed by atoms with E-state index in [2.05, 4.69) is 35.6 Å². The summed E-state index contributed by atoms with van der Waals surface area (Å²) < 4.78 is 5.24. The van der Waals surface area contributed by atoms with Crippen LogP contribution in [0.1, 0.15) is 33.1 Å². The predicted octanol–water partition coefficient (Wildman–Crippen LogP) is 1.29. The molecule has 2 aliphatic heterocycles. The number of ether oxygens (including phenoxy) is 1. The van der Waals surface area contributed by atoms with E-state index in [-0.39, 0.29) is 5.97 Å². The molecule has 0 amide bonds. The van der Waals surface area contributed by atoms with Gasteiger partial charge in [0.25, 0.3) is 0 Å². The van der Waals surface area contributed by atoms with Crippen molar-refractivity contribution in [3.05, 3.63) is 0 Å². The van der Waals surface area contributed by atoms with Crippen LogP contribution in [0.2, 0.25) is 0 Å². The van der Waals surface area contributed by atoms with E-state index in [1.165, 1.54) is 39.0 Å². The summed E-state index contributed by atoms with van der Waals surface area (Å²) in [6, 6.07) is 0.748. The molecule has 0 bridgehead atoms. The lowest BCUT2D eigenvalue weighted by molar-refractivity contribution is -0.145. The second kappa shape index (κ2) is 8.85. The van der Waals surface area contributed by atoms with Crippen molar-refractivity contribution in [2.24, 2.45) is 5.92 Å². The van der Waals surface area contributed by atoms with Gasteiger partial charge in [0.15, 0.2) is 0 Å². The minimum absolute atomic E-state index is 0.0464. The SMILES string of the molecule is CC(C)COC(=O)CCN1CCC(N2CCN(C)CC2)CC1. The Hall–Kier alpha value is -0.650. The van der Waals surface area contributed by atoms with Crippen molar-refractivity contribution in [1.82, 2.24) is 14.7 Å². The van der Waals surface area contributed by atoms with Gasteiger partial charge in [0, 0.05) is 38.8 Å². The molecule has 0 aliphatic carbocycles. The molecule has 0 N–H and O–H groups in total. The van der Waals surface area contributed by atoms with Crippen LogP contribution in [0.25, 0.3) is 0 Å². The lowest BCUT2D eigenvalue weighted by Crippen LogP contribution is -2.52. The molecule has 0 atom stereocenters. The highest BCUT2D eigenvalue weighted by molar-refractivity contribution is 5.69. The van der Waals surface area contributed by atoms with Crippen molar-refractivity contribution < 1.29 is 9.53 Å². The summed E-state index contributed by atoms with van der Waals surface area (Å²) in [6.07, 6.45) is 3.02. The van der Waals surface area contributed by atoms with E-state index in [9.17, 15) is 4.79 Å². The third-order valence-electron chi connectivity index (χ3n) is 4.82. The molecule has 22 heavy (non-hydrogen) atoms. The Labute approximate surface area is 135 Å². The summed E-state index contributed by atoms with van der Waals surface area (Å²) in [6.45, 7) is 12.6. The van der Waals surface area contributed by atoms with E-state index < -0.39 is 0 Å². The Kier molecular flexibility index (Phi) is 7.12. The number of piperazine rings is 1. The van der Waals surface area contributed by atoms with Crippen LogP contribution >= 0.6 is 0 Å². The van der Waals surface area contributed by atoms with Crippen LogP contribution in [0, 0.1) is 5.92 Å². The van der Waals surface area contributed by atoms with Crippen molar-refractivity contribution in [2.45, 2.75) is 39.2 Å². The number of hydrogen-bond donors (Lipinski definition) is 0. The number of carbonyl (C=O) groups is 1. The summed E-state index contributed by atoms with van der Waals surface area (Å²) >= 11 is 0. The molecule has 0 aromatic rings. The van der Waals surface area contributed by atoms with E-state index in [4.69, 9.17) is 4.74 Å². The number of esters is 1. The summed E-state index contributed by atoms with van der Waals surface area (Å²) in [5.74, 6) is 0.373. The monoisotopic (exact) mass is 311 g/mol. The van der Waals surface area contributed by atoms with E-state index in [1.807, 2.05) is 0 Å². The fourth-order valence-corrected chi connectivity index (χ4v) is 3.28. The molecular formula is C17H33N3O2. The standard InChI is InChI=1S/C17H33N3O2/c1-15(2)14-22-17(21)6-9-19-7-4-16(5-8-19)20-12-10-18(3)11-13-20/h15-16H,4-14H2,1-3H3. The number of hydrogen-bond acceptors (Lipinski definition) is 5. The van der Waals surface area contributed by atoms with Crippen LogP contribution in [0.5, 0.6) is 0 Å². The first-order valence-corrected chi connectivity index (χ1v) is 8.85. The Bertz CT molecular complexity index is 333. The minimum Gasteiger partial charge on any atom is -0.465 e. The second-order valence-electron chi connectivity index (χ2n) is 7.24. The molecule has 0 saturated carbocycles. The van der Waals surface area contributed by atoms with Crippen LogP contribution in [0.4, 0.5) is 0 Å². The first kappa shape index (κ1) is 17.7. The molecule has 2 aliphatic rings. The van der Waals surface area contributed by atoms with Crippen LogP contribution in [0.3, 0.4) is 0 Å². The van der Waals surface area contributed by atoms with Crippen molar-refractivity contribution in [3.8, 4) is 0 Å². The molecule has 2 saturated heterocycles. The maximum atomic E-state index is 11.7. The van der Waals surface area contributed by atoms with Gasteiger partial charge in [0.1, 0.15) is 0 Å². The van der Waals surface area contributed by atoms with Gasteiger partial charge in [-0.3, -0.25) is 9.69 Å². The number of piperidine rings is 1. The zero-order chi connectivity index (χ0) is 15.9. The maximum Gasteiger partial charge on any atom is 0.307 e. The first-order valence-electron chi connectivity index (χ1n) is 8.85. The van der Waals surface area contributed by atoms with E-state index in [0.717, 1.165) is 25.7 Å². The van der Waals surface area contributed by atoms with E-state index in [0.29, 0.717) is 18.9 Å². The maximum absolute atomic E-state index is 11.7. The topological polar surface area (TPSA) is 36.0 Å². The molecule has 128 valence electrons. The molecular weight excluding hydrogens is 278 g/mol. The molecule has 2 rings (SSSR count). The third kappa shape index (κ3) is 5.86. The average Bonchev–Trinajstić information content (AvgIpc) is 2.52. The fourth-order valence-electron chi connectivity index (χ4n) is 3.28. The van der Waals surface area contributed by atoms with Gasteiger partial charge in [-0.05, 0) is 38.9 Å². The number of likely N-dealkylation sites (N-methyl/N-ethyl adjacent to an activating group) is 1. The molecule has 0 unspecified atom stereocenters. The summed E-state index contributed by atoms with van der Waals surface area (Å²) in [5.41, 5.74) is 0. The average molecular weight is 311 g/mol. The molecule has 5 nitrogen and oxygen atoms in total. The number of likely N-dealkylation sites (tertiary alicyclic amines) is 1. The van der Waals surface area contributed by atoms with Crippen LogP contribution < -0.4 is 0 Å². The second-order valence-corrected chi connectivity index (χ2v) is 7.24. The number of nitrogens with zero attached hydrogens (tertiary/aromatic N) is 3. The van der Waals surface area contributed by atoms with Gasteiger partial charge in [-0.15, -0.1) is 0 Å². The highest BCUT2D eigenvalue weighted by Gasteiger charge is 2.26. The Morgan fingerprint density at radius 3 is 2.32 bits per heavy atom. The molecule has 5 heteroatoms. The van der Waals surface area contributed by atoms with Crippen LogP contribution in [-0.2, 0) is 9.53 Å². The van der Waals surface area contributed by atoms with Gasteiger partial charge >= 0.3 is 5.97 Å². The smallest absolute Gasteiger partial charge is 0.307 e. The zero-order valence-electron chi connectivity index (χ0n) is 14.6. The Balaban J connectivity index is 1.60. The van der Waals surface area contributed by atoms with Crippen LogP contribution in [-0.4, -0.2) is 86.2 Å². The minimum atomic E-state index is -0.0464. The highest BCUT2D eigenvalue weighted by atomic mass is 16.5. The molecule has 0 radical (unpaired) electrons. The van der Waals surface area contributed by atoms with Crippen molar-refractivity contribution in [3.63, 3.8) is 0 Å². The molecule has 2 heterocycles. The first-order chi connectivity index (χ1) is 10.5. The van der Waals surface area contributed by atoms with Gasteiger partial charge in [-0.2, -0.15) is 0 Å². The van der Waals surface area contributed by atoms with Gasteiger partial charge in [0.05, 0.1) is 13.0 Å². The lowest BCUT2D eigenvalue weighted by Gasteiger charge is -2.42. The lowest BCUT2D eigenvalue weighted by atomic mass is 10.0. The van der Waals surface area contributed by atoms with Crippen molar-refractivity contribution in [2.75, 3.05) is 59.5 Å². The normalized spacial score (nSPS) is 23.1. The summed E-state index contributed by atoms with van der Waals surface area (Å²) in [4.78, 5) is 19.2. The zero-order valence-corrected chi connectivity index (χ0v) is 14.6. The van der Waals surface area contributed by atoms with E-state index in [1.54, 1.807) is 0 Å². The van der Waals surface area contributed by atoms with Gasteiger partial charge in [0.2, 0.25) is 0 Å². The third-order valence-corrected chi connectivity index (χ3v) is 4.82. The van der Waals surface area contributed by atoms with Gasteiger partial charge < -0.3 is 14.5 Å². The molecule has 0 aromatic carbocycles. The largest absolute Gasteiger partial charge is 0.465 e. The number of rotatable bonds is 6. The van der Waals surface area contributed by atoms with Crippen molar-refractivity contribution >= 4 is 5.97 Å². The predicted molar refractivity (Wildman–Crippen MR) is 88.9 cm³/mol. The van der Waals surface area contributed by atoms with Gasteiger partial charge in [-0.25, -0.2) is 0 Å². The van der Waals surface area contributed by atoms with Gasteiger partial charge in [-0.1, -0.05) is 13.8 Å².